The van der Waals surface area contributed by atoms with Gasteiger partial charge in [0.25, 0.3) is 5.91 Å². The number of benzene rings is 1. The lowest BCUT2D eigenvalue weighted by Gasteiger charge is -2.07. The van der Waals surface area contributed by atoms with Gasteiger partial charge in [0.15, 0.2) is 0 Å². The molecule has 2 aromatic heterocycles. The van der Waals surface area contributed by atoms with Crippen LogP contribution < -0.4 is 10.6 Å². The van der Waals surface area contributed by atoms with E-state index in [1.165, 1.54) is 12.4 Å². The standard InChI is InChI=1S/C18H16Cl2N4O2/c19-13-4-3-12(15(20)8-13)5-6-21-18(25)16-10-24-17(11-22-16)23-9-14-2-1-7-26-14/h1-4,7-8,10-11H,5-6,9H2,(H,21,25)(H,23,24). The first-order valence-electron chi connectivity index (χ1n) is 7.92. The number of anilines is 1. The van der Waals surface area contributed by atoms with E-state index in [1.807, 2.05) is 18.2 Å². The van der Waals surface area contributed by atoms with Crippen molar-refractivity contribution in [2.45, 2.75) is 13.0 Å². The number of aromatic nitrogens is 2. The molecule has 0 aliphatic carbocycles. The van der Waals surface area contributed by atoms with E-state index in [9.17, 15) is 4.79 Å². The molecule has 2 heterocycles. The maximum Gasteiger partial charge on any atom is 0.271 e. The molecule has 26 heavy (non-hydrogen) atoms. The molecule has 0 saturated heterocycles. The number of nitrogens with one attached hydrogen (secondary N) is 2. The molecule has 3 rings (SSSR count). The second kappa shape index (κ2) is 8.69. The zero-order valence-corrected chi connectivity index (χ0v) is 15.2. The van der Waals surface area contributed by atoms with Gasteiger partial charge in [-0.15, -0.1) is 0 Å². The predicted molar refractivity (Wildman–Crippen MR) is 101 cm³/mol. The van der Waals surface area contributed by atoms with Crippen LogP contribution in [-0.4, -0.2) is 22.4 Å². The minimum absolute atomic E-state index is 0.246. The first-order valence-corrected chi connectivity index (χ1v) is 8.68. The Bertz CT molecular complexity index is 867. The predicted octanol–water partition coefficient (Wildman–Crippen LogP) is 3.96. The smallest absolute Gasteiger partial charge is 0.271 e. The lowest BCUT2D eigenvalue weighted by atomic mass is 10.1. The quantitative estimate of drug-likeness (QED) is 0.637. The molecule has 0 bridgehead atoms. The molecule has 134 valence electrons. The minimum atomic E-state index is -0.292. The van der Waals surface area contributed by atoms with Crippen molar-refractivity contribution in [2.24, 2.45) is 0 Å². The van der Waals surface area contributed by atoms with Crippen LogP contribution in [-0.2, 0) is 13.0 Å². The van der Waals surface area contributed by atoms with Crippen LogP contribution in [0, 0.1) is 0 Å². The molecule has 0 saturated carbocycles. The third-order valence-corrected chi connectivity index (χ3v) is 4.19. The highest BCUT2D eigenvalue weighted by atomic mass is 35.5. The van der Waals surface area contributed by atoms with Crippen LogP contribution in [0.3, 0.4) is 0 Å². The van der Waals surface area contributed by atoms with Gasteiger partial charge in [-0.25, -0.2) is 9.97 Å². The summed E-state index contributed by atoms with van der Waals surface area (Å²) >= 11 is 12.0. The zero-order chi connectivity index (χ0) is 18.4. The lowest BCUT2D eigenvalue weighted by molar-refractivity contribution is 0.0949. The Morgan fingerprint density at radius 1 is 1.15 bits per heavy atom. The summed E-state index contributed by atoms with van der Waals surface area (Å²) in [5.41, 5.74) is 1.16. The van der Waals surface area contributed by atoms with Gasteiger partial charge in [0.1, 0.15) is 17.3 Å². The van der Waals surface area contributed by atoms with Crippen molar-refractivity contribution in [2.75, 3.05) is 11.9 Å². The van der Waals surface area contributed by atoms with Gasteiger partial charge in [0.05, 0.1) is 25.2 Å². The SMILES string of the molecule is O=C(NCCc1ccc(Cl)cc1Cl)c1cnc(NCc2ccco2)cn1. The van der Waals surface area contributed by atoms with E-state index in [4.69, 9.17) is 27.6 Å². The van der Waals surface area contributed by atoms with E-state index in [0.29, 0.717) is 35.4 Å². The molecule has 0 aliphatic rings. The summed E-state index contributed by atoms with van der Waals surface area (Å²) in [6, 6.07) is 8.96. The second-order valence-electron chi connectivity index (χ2n) is 5.46. The van der Waals surface area contributed by atoms with E-state index < -0.39 is 0 Å². The summed E-state index contributed by atoms with van der Waals surface area (Å²) in [7, 11) is 0. The van der Waals surface area contributed by atoms with Crippen LogP contribution in [0.2, 0.25) is 10.0 Å². The summed E-state index contributed by atoms with van der Waals surface area (Å²) < 4.78 is 5.22. The third kappa shape index (κ3) is 4.97. The summed E-state index contributed by atoms with van der Waals surface area (Å²) in [6.07, 6.45) is 5.13. The first kappa shape index (κ1) is 18.2. The molecular weight excluding hydrogens is 375 g/mol. The van der Waals surface area contributed by atoms with Crippen LogP contribution in [0.25, 0.3) is 0 Å². The van der Waals surface area contributed by atoms with Gasteiger partial charge in [-0.3, -0.25) is 4.79 Å². The number of hydrogen-bond acceptors (Lipinski definition) is 5. The molecule has 1 aromatic carbocycles. The van der Waals surface area contributed by atoms with Crippen molar-refractivity contribution in [3.8, 4) is 0 Å². The van der Waals surface area contributed by atoms with Crippen LogP contribution in [0.5, 0.6) is 0 Å². The number of carbonyl (C=O) groups is 1. The number of carbonyl (C=O) groups excluding carboxylic acids is 1. The molecule has 1 amide bonds. The van der Waals surface area contributed by atoms with E-state index >= 15 is 0 Å². The Kier molecular flexibility index (Phi) is 6.09. The summed E-state index contributed by atoms with van der Waals surface area (Å²) in [6.45, 7) is 0.926. The molecule has 3 aromatic rings. The Morgan fingerprint density at radius 3 is 2.73 bits per heavy atom. The van der Waals surface area contributed by atoms with Gasteiger partial charge in [0, 0.05) is 16.6 Å². The highest BCUT2D eigenvalue weighted by Gasteiger charge is 2.08. The van der Waals surface area contributed by atoms with Crippen molar-refractivity contribution < 1.29 is 9.21 Å². The molecule has 8 heteroatoms. The van der Waals surface area contributed by atoms with E-state index in [2.05, 4.69) is 20.6 Å². The van der Waals surface area contributed by atoms with Crippen LogP contribution >= 0.6 is 23.2 Å². The Balaban J connectivity index is 1.48. The van der Waals surface area contributed by atoms with Crippen molar-refractivity contribution in [3.05, 3.63) is 76.1 Å². The molecule has 6 nitrogen and oxygen atoms in total. The monoisotopic (exact) mass is 390 g/mol. The summed E-state index contributed by atoms with van der Waals surface area (Å²) in [5, 5.41) is 7.02. The van der Waals surface area contributed by atoms with Gasteiger partial charge in [-0.2, -0.15) is 0 Å². The maximum absolute atomic E-state index is 12.1. The van der Waals surface area contributed by atoms with Crippen LogP contribution in [0.15, 0.2) is 53.4 Å². The molecule has 0 unspecified atom stereocenters. The fraction of sp³-hybridized carbons (Fsp3) is 0.167. The maximum atomic E-state index is 12.1. The number of rotatable bonds is 7. The normalized spacial score (nSPS) is 10.5. The third-order valence-electron chi connectivity index (χ3n) is 3.60. The van der Waals surface area contributed by atoms with E-state index in [0.717, 1.165) is 11.3 Å². The average molecular weight is 391 g/mol. The average Bonchev–Trinajstić information content (AvgIpc) is 3.16. The number of halogens is 2. The molecule has 0 spiro atoms. The topological polar surface area (TPSA) is 80.0 Å². The summed E-state index contributed by atoms with van der Waals surface area (Å²) in [5.74, 6) is 1.06. The fourth-order valence-corrected chi connectivity index (χ4v) is 2.76. The largest absolute Gasteiger partial charge is 0.467 e. The lowest BCUT2D eigenvalue weighted by Crippen LogP contribution is -2.26. The first-order chi connectivity index (χ1) is 12.6. The Labute approximate surface area is 160 Å². The van der Waals surface area contributed by atoms with Gasteiger partial charge in [-0.05, 0) is 36.2 Å². The van der Waals surface area contributed by atoms with Gasteiger partial charge < -0.3 is 15.1 Å². The zero-order valence-electron chi connectivity index (χ0n) is 13.7. The van der Waals surface area contributed by atoms with Crippen LogP contribution in [0.1, 0.15) is 21.8 Å². The van der Waals surface area contributed by atoms with Crippen molar-refractivity contribution >= 4 is 34.9 Å². The van der Waals surface area contributed by atoms with Crippen LogP contribution in [0.4, 0.5) is 5.82 Å². The van der Waals surface area contributed by atoms with Gasteiger partial charge in [-0.1, -0.05) is 29.3 Å². The highest BCUT2D eigenvalue weighted by Crippen LogP contribution is 2.21. The van der Waals surface area contributed by atoms with Crippen molar-refractivity contribution in [1.29, 1.82) is 0 Å². The number of amides is 1. The molecule has 0 radical (unpaired) electrons. The Hall–Kier alpha value is -2.57. The van der Waals surface area contributed by atoms with Crippen molar-refractivity contribution in [3.63, 3.8) is 0 Å². The number of nitrogens with zero attached hydrogens (tertiary/aromatic N) is 2. The molecule has 0 aliphatic heterocycles. The minimum Gasteiger partial charge on any atom is -0.467 e. The second-order valence-corrected chi connectivity index (χ2v) is 6.31. The van der Waals surface area contributed by atoms with E-state index in [-0.39, 0.29) is 11.6 Å². The number of hydrogen-bond donors (Lipinski definition) is 2. The van der Waals surface area contributed by atoms with E-state index in [1.54, 1.807) is 18.4 Å². The van der Waals surface area contributed by atoms with Gasteiger partial charge in [0.2, 0.25) is 0 Å². The highest BCUT2D eigenvalue weighted by molar-refractivity contribution is 6.35. The molecule has 0 fully saturated rings. The molecular formula is C18H16Cl2N4O2. The summed E-state index contributed by atoms with van der Waals surface area (Å²) in [4.78, 5) is 20.4. The molecule has 0 atom stereocenters. The Morgan fingerprint density at radius 2 is 2.04 bits per heavy atom. The van der Waals surface area contributed by atoms with Crippen molar-refractivity contribution in [1.82, 2.24) is 15.3 Å². The number of furan rings is 1. The molecule has 2 N–H and O–H groups in total. The van der Waals surface area contributed by atoms with Gasteiger partial charge >= 0.3 is 0 Å². The fourth-order valence-electron chi connectivity index (χ4n) is 2.25.